The number of pyridine rings is 1. The topological polar surface area (TPSA) is 111 Å². The lowest BCUT2D eigenvalue weighted by Gasteiger charge is -2.29. The first-order valence-electron chi connectivity index (χ1n) is 13.1. The zero-order valence-electron chi connectivity index (χ0n) is 21.7. The van der Waals surface area contributed by atoms with Gasteiger partial charge in [-0.05, 0) is 43.6 Å². The maximum absolute atomic E-state index is 9.21. The van der Waals surface area contributed by atoms with E-state index >= 15 is 0 Å². The molecule has 0 amide bonds. The summed E-state index contributed by atoms with van der Waals surface area (Å²) in [6, 6.07) is 3.93. The molecule has 8 heteroatoms. The van der Waals surface area contributed by atoms with E-state index in [1.54, 1.807) is 30.9 Å². The maximum Gasteiger partial charge on any atom is 0.229 e. The lowest BCUT2D eigenvalue weighted by molar-refractivity contribution is 0.261. The number of hydrogen-bond acceptors (Lipinski definition) is 8. The summed E-state index contributed by atoms with van der Waals surface area (Å²) < 4.78 is 11.3. The van der Waals surface area contributed by atoms with Crippen LogP contribution in [0.25, 0.3) is 0 Å². The highest BCUT2D eigenvalue weighted by atomic mass is 16.5. The molecule has 0 aliphatic heterocycles. The van der Waals surface area contributed by atoms with Crippen molar-refractivity contribution in [1.29, 1.82) is 5.26 Å². The molecule has 4 rings (SSSR count). The van der Waals surface area contributed by atoms with Gasteiger partial charge in [-0.1, -0.05) is 45.7 Å². The Bertz CT molecular complexity index is 1140. The Morgan fingerprint density at radius 3 is 2.19 bits per heavy atom. The minimum absolute atomic E-state index is 0.263. The van der Waals surface area contributed by atoms with Gasteiger partial charge in [0.25, 0.3) is 0 Å². The highest BCUT2D eigenvalue weighted by Gasteiger charge is 2.28. The molecule has 1 fully saturated rings. The van der Waals surface area contributed by atoms with Crippen LogP contribution in [-0.4, -0.2) is 25.1 Å². The van der Waals surface area contributed by atoms with E-state index in [1.807, 2.05) is 0 Å². The van der Waals surface area contributed by atoms with Gasteiger partial charge < -0.3 is 9.26 Å². The van der Waals surface area contributed by atoms with E-state index in [0.717, 1.165) is 23.1 Å². The molecule has 0 N–H and O–H groups in total. The molecular weight excluding hydrogens is 452 g/mol. The predicted octanol–water partition coefficient (Wildman–Crippen LogP) is 6.32. The Hall–Kier alpha value is -3.34. The van der Waals surface area contributed by atoms with Crippen molar-refractivity contribution < 1.29 is 9.26 Å². The lowest BCUT2D eigenvalue weighted by Crippen LogP contribution is -2.19. The molecule has 2 unspecified atom stereocenters. The predicted molar refractivity (Wildman–Crippen MR) is 135 cm³/mol. The summed E-state index contributed by atoms with van der Waals surface area (Å²) in [5.74, 6) is 5.10. The fourth-order valence-electron chi connectivity index (χ4n) is 5.11. The minimum atomic E-state index is 0.263. The fourth-order valence-corrected chi connectivity index (χ4v) is 5.11. The Balaban J connectivity index is 1.29. The molecule has 3 aromatic heterocycles. The molecule has 8 nitrogen and oxygen atoms in total. The van der Waals surface area contributed by atoms with Crippen LogP contribution in [-0.2, 0) is 6.61 Å². The molecule has 190 valence electrons. The van der Waals surface area contributed by atoms with Crippen LogP contribution in [0.5, 0.6) is 5.75 Å². The van der Waals surface area contributed by atoms with E-state index in [2.05, 4.69) is 58.9 Å². The van der Waals surface area contributed by atoms with Gasteiger partial charge in [0, 0.05) is 35.7 Å². The van der Waals surface area contributed by atoms with E-state index in [1.165, 1.54) is 38.5 Å². The second kappa shape index (κ2) is 12.1. The van der Waals surface area contributed by atoms with Crippen LogP contribution in [0.4, 0.5) is 0 Å². The van der Waals surface area contributed by atoms with Crippen molar-refractivity contribution in [3.05, 3.63) is 59.5 Å². The van der Waals surface area contributed by atoms with Gasteiger partial charge in [-0.2, -0.15) is 10.2 Å². The molecule has 0 bridgehead atoms. The van der Waals surface area contributed by atoms with Crippen LogP contribution in [0.1, 0.15) is 113 Å². The summed E-state index contributed by atoms with van der Waals surface area (Å²) in [7, 11) is 0. The van der Waals surface area contributed by atoms with Gasteiger partial charge in [0.2, 0.25) is 5.89 Å². The molecule has 0 spiro atoms. The lowest BCUT2D eigenvalue weighted by atomic mass is 9.76. The number of rotatable bonds is 8. The van der Waals surface area contributed by atoms with E-state index < -0.39 is 0 Å². The van der Waals surface area contributed by atoms with Crippen molar-refractivity contribution in [3.63, 3.8) is 0 Å². The first kappa shape index (κ1) is 25.7. The molecule has 0 radical (unpaired) electrons. The maximum atomic E-state index is 9.21. The van der Waals surface area contributed by atoms with Gasteiger partial charge in [-0.3, -0.25) is 4.98 Å². The summed E-state index contributed by atoms with van der Waals surface area (Å²) in [6.07, 6.45) is 13.8. The second-order valence-electron chi connectivity index (χ2n) is 10.3. The molecule has 1 saturated carbocycles. The molecule has 3 heterocycles. The van der Waals surface area contributed by atoms with Crippen molar-refractivity contribution in [2.75, 3.05) is 0 Å². The molecule has 0 saturated heterocycles. The number of nitriles is 1. The average molecular weight is 489 g/mol. The van der Waals surface area contributed by atoms with Gasteiger partial charge in [0.15, 0.2) is 11.6 Å². The van der Waals surface area contributed by atoms with Crippen LogP contribution >= 0.6 is 0 Å². The summed E-state index contributed by atoms with van der Waals surface area (Å²) in [4.78, 5) is 17.9. The molecule has 1 aliphatic carbocycles. The van der Waals surface area contributed by atoms with E-state index in [-0.39, 0.29) is 12.5 Å². The number of nitrogens with zero attached hydrogens (tertiary/aromatic N) is 6. The van der Waals surface area contributed by atoms with Crippen molar-refractivity contribution in [1.82, 2.24) is 25.1 Å². The van der Waals surface area contributed by atoms with Gasteiger partial charge in [-0.15, -0.1) is 0 Å². The molecule has 1 aliphatic rings. The average Bonchev–Trinajstić information content (AvgIpc) is 3.38. The quantitative estimate of drug-likeness (QED) is 0.362. The van der Waals surface area contributed by atoms with Crippen molar-refractivity contribution >= 4 is 0 Å². The number of aromatic nitrogens is 5. The van der Waals surface area contributed by atoms with Gasteiger partial charge in [-0.25, -0.2) is 9.97 Å². The van der Waals surface area contributed by atoms with Crippen molar-refractivity contribution in [2.24, 2.45) is 11.8 Å². The Morgan fingerprint density at radius 2 is 1.61 bits per heavy atom. The Morgan fingerprint density at radius 1 is 0.972 bits per heavy atom. The van der Waals surface area contributed by atoms with Crippen LogP contribution < -0.4 is 4.74 Å². The van der Waals surface area contributed by atoms with Gasteiger partial charge in [0.05, 0.1) is 18.0 Å². The van der Waals surface area contributed by atoms with E-state index in [4.69, 9.17) is 9.26 Å². The SMILES string of the molecule is CC(C)c1nc(C(C)C2CCCC(C(C)c3ncc(OCc4ccncc4C#N)cn3)CCC2)no1. The normalized spacial score (nSPS) is 20.2. The zero-order valence-corrected chi connectivity index (χ0v) is 21.7. The van der Waals surface area contributed by atoms with Crippen molar-refractivity contribution in [2.45, 2.75) is 90.6 Å². The van der Waals surface area contributed by atoms with Crippen LogP contribution in [0, 0.1) is 23.2 Å². The number of hydrogen-bond donors (Lipinski definition) is 0. The third-order valence-corrected chi connectivity index (χ3v) is 7.55. The molecule has 2 atom stereocenters. The molecule has 0 aromatic carbocycles. The highest BCUT2D eigenvalue weighted by molar-refractivity contribution is 5.34. The Labute approximate surface area is 213 Å². The van der Waals surface area contributed by atoms with E-state index in [0.29, 0.717) is 35.0 Å². The zero-order chi connectivity index (χ0) is 25.5. The largest absolute Gasteiger partial charge is 0.486 e. The minimum Gasteiger partial charge on any atom is -0.486 e. The highest BCUT2D eigenvalue weighted by Crippen LogP contribution is 2.38. The van der Waals surface area contributed by atoms with Crippen LogP contribution in [0.15, 0.2) is 35.4 Å². The molecular formula is C28H36N6O2. The summed E-state index contributed by atoms with van der Waals surface area (Å²) in [6.45, 7) is 8.93. The first-order chi connectivity index (χ1) is 17.5. The smallest absolute Gasteiger partial charge is 0.229 e. The summed E-state index contributed by atoms with van der Waals surface area (Å²) in [5, 5.41) is 13.5. The summed E-state index contributed by atoms with van der Waals surface area (Å²) in [5.41, 5.74) is 1.31. The molecule has 3 aromatic rings. The second-order valence-corrected chi connectivity index (χ2v) is 10.3. The van der Waals surface area contributed by atoms with Crippen molar-refractivity contribution in [3.8, 4) is 11.8 Å². The monoisotopic (exact) mass is 488 g/mol. The van der Waals surface area contributed by atoms with Crippen LogP contribution in [0.3, 0.4) is 0 Å². The standard InChI is InChI=1S/C28H36N6O2/c1-18(2)28-33-27(34-36-28)20(4)22-9-5-7-21(8-6-10-22)19(3)26-31-15-25(16-32-26)35-17-23-11-12-30-14-24(23)13-29/h11-12,14-16,18-22H,5-10,17H2,1-4H3. The fraction of sp³-hybridized carbons (Fsp3) is 0.571. The number of ether oxygens (including phenoxy) is 1. The Kier molecular flexibility index (Phi) is 8.63. The first-order valence-corrected chi connectivity index (χ1v) is 13.1. The van der Waals surface area contributed by atoms with Crippen LogP contribution in [0.2, 0.25) is 0 Å². The molecule has 36 heavy (non-hydrogen) atoms. The third kappa shape index (κ3) is 6.26. The van der Waals surface area contributed by atoms with Gasteiger partial charge in [0.1, 0.15) is 18.5 Å². The summed E-state index contributed by atoms with van der Waals surface area (Å²) >= 11 is 0. The van der Waals surface area contributed by atoms with Gasteiger partial charge >= 0.3 is 0 Å². The van der Waals surface area contributed by atoms with E-state index in [9.17, 15) is 5.26 Å². The third-order valence-electron chi connectivity index (χ3n) is 7.55.